The number of aliphatic imine (C=N–C) groups is 1. The van der Waals surface area contributed by atoms with Gasteiger partial charge in [0.05, 0.1) is 74.3 Å². The third-order valence-corrected chi connectivity index (χ3v) is 18.7. The Bertz CT molecular complexity index is 5200. The summed E-state index contributed by atoms with van der Waals surface area (Å²) < 4.78 is 10.7. The van der Waals surface area contributed by atoms with E-state index in [1.54, 1.807) is 48.5 Å². The molecule has 31 nitrogen and oxygen atoms in total. The Morgan fingerprint density at radius 1 is 0.379 bits per heavy atom. The maximum atomic E-state index is 12.0. The first-order valence-corrected chi connectivity index (χ1v) is 34.8. The third-order valence-electron chi connectivity index (χ3n) is 18.7. The van der Waals surface area contributed by atoms with Gasteiger partial charge < -0.3 is 70.5 Å². The van der Waals surface area contributed by atoms with Gasteiger partial charge in [-0.1, -0.05) is 12.5 Å². The first-order valence-electron chi connectivity index (χ1n) is 34.8. The molecule has 0 aliphatic carbocycles. The number of piperidine rings is 1. The van der Waals surface area contributed by atoms with Gasteiger partial charge in [0.15, 0.2) is 0 Å². The van der Waals surface area contributed by atoms with Crippen LogP contribution in [-0.4, -0.2) is 217 Å². The molecule has 0 unspecified atom stereocenters. The van der Waals surface area contributed by atoms with Crippen LogP contribution in [0.1, 0.15) is 37.7 Å². The molecule has 0 atom stereocenters. The number of benzene rings is 5. The number of nitrogens with zero attached hydrogens (tertiary/aromatic N) is 11. The van der Waals surface area contributed by atoms with Crippen molar-refractivity contribution in [2.24, 2.45) is 40.2 Å². The van der Waals surface area contributed by atoms with E-state index < -0.39 is 17.1 Å². The highest BCUT2D eigenvalue weighted by molar-refractivity contribution is 6.02. The summed E-state index contributed by atoms with van der Waals surface area (Å²) in [5.74, 6) is 0.892. The van der Waals surface area contributed by atoms with Crippen LogP contribution in [0.25, 0.3) is 54.5 Å². The number of hydrogen-bond acceptors (Lipinski definition) is 21. The number of ether oxygens (including phenoxy) is 1. The fraction of sp³-hybridized carbons (Fsp3) is 0.431. The van der Waals surface area contributed by atoms with Crippen LogP contribution in [0.5, 0.6) is 0 Å². The van der Waals surface area contributed by atoms with Crippen LogP contribution in [0.15, 0.2) is 144 Å². The molecule has 5 aromatic heterocycles. The van der Waals surface area contributed by atoms with Crippen molar-refractivity contribution in [3.8, 4) is 0 Å². The number of nitrogens with one attached hydrogen (secondary N) is 9. The molecule has 0 spiro atoms. The van der Waals surface area contributed by atoms with E-state index in [9.17, 15) is 47.9 Å². The number of hydrogen-bond donors (Lipinski definition) is 9. The van der Waals surface area contributed by atoms with Crippen LogP contribution >= 0.6 is 0 Å². The smallest absolute Gasteiger partial charge is 0.328 e. The number of fused-ring (bicyclic) bond motifs is 5. The van der Waals surface area contributed by atoms with Gasteiger partial charge in [-0.05, 0) is 151 Å². The second-order valence-corrected chi connectivity index (χ2v) is 26.3. The second kappa shape index (κ2) is 34.8. The first kappa shape index (κ1) is 74.9. The minimum atomic E-state index is -0.406. The van der Waals surface area contributed by atoms with Gasteiger partial charge in [-0.25, -0.2) is 24.0 Å². The van der Waals surface area contributed by atoms with E-state index in [2.05, 4.69) is 75.7 Å². The third kappa shape index (κ3) is 19.1. The molecular formula is C72H94N20O11. The molecule has 3 saturated heterocycles. The van der Waals surface area contributed by atoms with Crippen LogP contribution in [0.3, 0.4) is 0 Å². The van der Waals surface area contributed by atoms with Gasteiger partial charge in [-0.3, -0.25) is 56.7 Å². The minimum absolute atomic E-state index is 0.265. The van der Waals surface area contributed by atoms with Crippen molar-refractivity contribution in [1.29, 1.82) is 0 Å². The molecule has 3 fully saturated rings. The van der Waals surface area contributed by atoms with Crippen molar-refractivity contribution in [3.05, 3.63) is 201 Å². The first-order chi connectivity index (χ1) is 49.5. The summed E-state index contributed by atoms with van der Waals surface area (Å²) in [4.78, 5) is 147. The molecule has 5 aromatic carbocycles. The lowest BCUT2D eigenvalue weighted by molar-refractivity contribution is 0.0398. The number of anilines is 4. The van der Waals surface area contributed by atoms with Crippen LogP contribution in [0.2, 0.25) is 0 Å². The molecule has 9 N–H and O–H groups in total. The fourth-order valence-corrected chi connectivity index (χ4v) is 12.5. The predicted octanol–water partition coefficient (Wildman–Crippen LogP) is 1.95. The normalized spacial score (nSPS) is 14.9. The minimum Gasteiger partial charge on any atom is -0.384 e. The summed E-state index contributed by atoms with van der Waals surface area (Å²) in [7, 11) is 13.3. The lowest BCUT2D eigenvalue weighted by atomic mass is 10.1. The fourth-order valence-electron chi connectivity index (χ4n) is 12.5. The number of morpholine rings is 1. The molecule has 0 radical (unpaired) electrons. The molecular weight excluding hydrogens is 1320 g/mol. The summed E-state index contributed by atoms with van der Waals surface area (Å²) in [6.07, 6.45) is 6.51. The van der Waals surface area contributed by atoms with E-state index >= 15 is 0 Å². The Kier molecular flexibility index (Phi) is 25.3. The van der Waals surface area contributed by atoms with Gasteiger partial charge in [0.2, 0.25) is 0 Å². The second-order valence-electron chi connectivity index (χ2n) is 26.3. The van der Waals surface area contributed by atoms with Crippen LogP contribution in [0.4, 0.5) is 22.7 Å². The van der Waals surface area contributed by atoms with Gasteiger partial charge >= 0.3 is 28.4 Å². The molecule has 4 aliphatic rings. The zero-order valence-electron chi connectivity index (χ0n) is 59.8. The van der Waals surface area contributed by atoms with Crippen molar-refractivity contribution < 1.29 is 4.74 Å². The monoisotopic (exact) mass is 1410 g/mol. The van der Waals surface area contributed by atoms with E-state index in [4.69, 9.17) is 4.74 Å². The van der Waals surface area contributed by atoms with E-state index in [0.29, 0.717) is 54.5 Å². The van der Waals surface area contributed by atoms with Crippen molar-refractivity contribution >= 4 is 83.1 Å². The predicted molar refractivity (Wildman–Crippen MR) is 409 cm³/mol. The molecule has 0 saturated carbocycles. The van der Waals surface area contributed by atoms with Gasteiger partial charge in [-0.15, -0.1) is 0 Å². The Hall–Kier alpha value is -10.7. The van der Waals surface area contributed by atoms with Gasteiger partial charge in [-0.2, -0.15) is 0 Å². The highest BCUT2D eigenvalue weighted by Crippen LogP contribution is 2.19. The number of likely N-dealkylation sites (N-methyl/N-ethyl adjacent to an activating group) is 2. The van der Waals surface area contributed by atoms with Crippen molar-refractivity contribution in [2.75, 3.05) is 160 Å². The quantitative estimate of drug-likeness (QED) is 0.0629. The van der Waals surface area contributed by atoms with E-state index in [1.807, 2.05) is 63.6 Å². The van der Waals surface area contributed by atoms with E-state index in [0.717, 1.165) is 149 Å². The number of aromatic amines is 5. The molecule has 0 bridgehead atoms. The van der Waals surface area contributed by atoms with Crippen LogP contribution < -0.4 is 77.5 Å². The summed E-state index contributed by atoms with van der Waals surface area (Å²) in [6.45, 7) is 17.1. The van der Waals surface area contributed by atoms with E-state index in [1.165, 1.54) is 93.5 Å². The Balaban J connectivity index is 0.000000139. The zero-order chi connectivity index (χ0) is 73.4. The maximum Gasteiger partial charge on any atom is 0.328 e. The van der Waals surface area contributed by atoms with Gasteiger partial charge in [0.1, 0.15) is 5.84 Å². The zero-order valence-corrected chi connectivity index (χ0v) is 59.8. The topological polar surface area (TPSA) is 360 Å². The SMILES string of the molecule is CN(C)CCNc1ccc2c(=O)n(C)c(=O)[nH]c2c1.CN1CCN=C1c1ccc2c(=O)n(C)c(=O)[nH]c2c1.Cn1c(=O)[nH]c2cc(NCCN3CCCC3)ccc2c1=O.Cn1c(=O)[nH]c2cc(NCCN3CCCCC3)ccc2c1=O.Cn1c(=O)[nH]c2cc(NCCN3CCOCC3)ccc2c1=O. The molecule has 548 valence electrons. The molecule has 14 rings (SSSR count). The Morgan fingerprint density at radius 3 is 1.00 bits per heavy atom. The number of likely N-dealkylation sites (tertiary alicyclic amines) is 2. The largest absolute Gasteiger partial charge is 0.384 e. The average Bonchev–Trinajstić information content (AvgIpc) is 1.83. The molecule has 10 aromatic rings. The summed E-state index contributed by atoms with van der Waals surface area (Å²) >= 11 is 0. The number of aromatic nitrogens is 10. The van der Waals surface area contributed by atoms with Crippen molar-refractivity contribution in [1.82, 2.24) is 72.3 Å². The molecule has 103 heavy (non-hydrogen) atoms. The number of H-pyrrole nitrogens is 5. The summed E-state index contributed by atoms with van der Waals surface area (Å²) in [6, 6.07) is 27.1. The highest BCUT2D eigenvalue weighted by atomic mass is 16.5. The summed E-state index contributed by atoms with van der Waals surface area (Å²) in [5, 5.41) is 15.9. The Morgan fingerprint density at radius 2 is 0.680 bits per heavy atom. The number of amidine groups is 1. The maximum absolute atomic E-state index is 12.0. The molecule has 9 heterocycles. The van der Waals surface area contributed by atoms with E-state index in [-0.39, 0.29) is 39.2 Å². The summed E-state index contributed by atoms with van der Waals surface area (Å²) in [5.41, 5.74) is 4.01. The van der Waals surface area contributed by atoms with Crippen LogP contribution in [0, 0.1) is 0 Å². The molecule has 4 aliphatic heterocycles. The highest BCUT2D eigenvalue weighted by Gasteiger charge is 2.18. The Labute approximate surface area is 591 Å². The van der Waals surface area contributed by atoms with Gasteiger partial charge in [0, 0.05) is 143 Å². The molecule has 31 heteroatoms. The number of rotatable bonds is 17. The standard InChI is InChI=1S/C16H22N4O2.C15H20N4O3.C15H20N4O2.C13H14N4O2.C13H18N4O2/c1-19-15(21)13-6-5-12(11-14(13)18-16(19)22)17-7-10-20-8-3-2-4-9-20;1-18-14(20)12-3-2-11(10-13(12)17-15(18)21)16-4-5-19-6-8-22-9-7-19;1-18-14(20)12-5-4-11(10-13(12)17-15(18)21)16-6-9-19-7-2-3-8-19;1-16-6-5-14-11(16)8-3-4-9-10(7-8)15-13(19)17(2)12(9)18;1-16(2)7-6-14-9-4-5-10-11(8-9)15-13(19)17(3)12(10)18/h5-6,11,17H,2-4,7-10H2,1H3,(H,18,22);2-3,10,16H,4-9H2,1H3,(H,17,21);4-5,10,16H,2-3,6-9H2,1H3,(H,17,21);3-4,7H,5-6H2,1-2H3,(H,15,19);4-5,8,14H,6-7H2,1-3H3,(H,15,19). The molecule has 0 amide bonds. The lowest BCUT2D eigenvalue weighted by Crippen LogP contribution is -2.39. The van der Waals surface area contributed by atoms with Crippen LogP contribution in [-0.2, 0) is 40.0 Å². The van der Waals surface area contributed by atoms with Gasteiger partial charge in [0.25, 0.3) is 27.8 Å². The van der Waals surface area contributed by atoms with Crippen molar-refractivity contribution in [2.45, 2.75) is 32.1 Å². The average molecular weight is 1420 g/mol. The van der Waals surface area contributed by atoms with Crippen molar-refractivity contribution in [3.63, 3.8) is 0 Å². The lowest BCUT2D eigenvalue weighted by Gasteiger charge is -2.26.